The second-order valence-corrected chi connectivity index (χ2v) is 10.2. The Labute approximate surface area is 225 Å². The molecule has 3 aromatic carbocycles. The van der Waals surface area contributed by atoms with E-state index in [1.54, 1.807) is 12.1 Å². The zero-order valence-electron chi connectivity index (χ0n) is 21.7. The van der Waals surface area contributed by atoms with Gasteiger partial charge in [0.15, 0.2) is 0 Å². The number of carbonyl (C=O) groups is 1. The summed E-state index contributed by atoms with van der Waals surface area (Å²) in [6.07, 6.45) is 2.77. The summed E-state index contributed by atoms with van der Waals surface area (Å²) in [7, 11) is 0. The molecule has 7 heteroatoms. The molecule has 0 bridgehead atoms. The van der Waals surface area contributed by atoms with Crippen LogP contribution in [0.4, 0.5) is 4.39 Å². The lowest BCUT2D eigenvalue weighted by atomic mass is 9.98. The van der Waals surface area contributed by atoms with Gasteiger partial charge in [0, 0.05) is 28.3 Å². The molecule has 2 atom stereocenters. The summed E-state index contributed by atoms with van der Waals surface area (Å²) in [4.78, 5) is 16.8. The van der Waals surface area contributed by atoms with Crippen molar-refractivity contribution in [3.63, 3.8) is 0 Å². The van der Waals surface area contributed by atoms with E-state index in [9.17, 15) is 14.3 Å². The summed E-state index contributed by atoms with van der Waals surface area (Å²) in [6, 6.07) is 22.3. The largest absolute Gasteiger partial charge is 0.458 e. The Kier molecular flexibility index (Phi) is 6.45. The van der Waals surface area contributed by atoms with Gasteiger partial charge in [0.2, 0.25) is 0 Å². The van der Waals surface area contributed by atoms with Gasteiger partial charge in [-0.1, -0.05) is 56.3 Å². The quantitative estimate of drug-likeness (QED) is 0.209. The van der Waals surface area contributed by atoms with E-state index in [2.05, 4.69) is 13.8 Å². The number of pyridine rings is 1. The van der Waals surface area contributed by atoms with Crippen LogP contribution >= 0.6 is 0 Å². The van der Waals surface area contributed by atoms with E-state index in [0.717, 1.165) is 50.0 Å². The van der Waals surface area contributed by atoms with Crippen LogP contribution in [-0.2, 0) is 9.53 Å². The molecule has 6 rings (SSSR count). The highest BCUT2D eigenvalue weighted by Gasteiger charge is 2.27. The van der Waals surface area contributed by atoms with Crippen LogP contribution in [0.5, 0.6) is 0 Å². The minimum Gasteiger partial charge on any atom is -0.458 e. The summed E-state index contributed by atoms with van der Waals surface area (Å²) in [5.41, 5.74) is 5.85. The van der Waals surface area contributed by atoms with Crippen molar-refractivity contribution in [3.05, 3.63) is 95.9 Å². The van der Waals surface area contributed by atoms with E-state index in [0.29, 0.717) is 6.42 Å². The molecule has 3 heterocycles. The second-order valence-electron chi connectivity index (χ2n) is 10.2. The number of fused-ring (bicyclic) bond motifs is 2. The Morgan fingerprint density at radius 2 is 1.64 bits per heavy atom. The van der Waals surface area contributed by atoms with Crippen LogP contribution in [0, 0.1) is 5.82 Å². The van der Waals surface area contributed by atoms with Crippen molar-refractivity contribution in [2.75, 3.05) is 0 Å². The van der Waals surface area contributed by atoms with Gasteiger partial charge in [-0.15, -0.1) is 0 Å². The molecule has 0 amide bonds. The highest BCUT2D eigenvalue weighted by Crippen LogP contribution is 2.38. The number of halogens is 1. The number of hydrogen-bond donors (Lipinski definition) is 1. The number of aromatic nitrogens is 3. The van der Waals surface area contributed by atoms with Crippen LogP contribution in [0.1, 0.15) is 43.9 Å². The molecule has 1 aliphatic heterocycles. The van der Waals surface area contributed by atoms with Gasteiger partial charge < -0.3 is 9.84 Å². The predicted molar refractivity (Wildman–Crippen MR) is 150 cm³/mol. The monoisotopic (exact) mass is 521 g/mol. The number of cyclic esters (lactones) is 1. The number of benzene rings is 3. The Hall–Kier alpha value is -4.36. The summed E-state index contributed by atoms with van der Waals surface area (Å²) >= 11 is 0. The SMILES string of the molecule is CC(C)c1nn(-c2c3ccccc3nc3ccccc23)c(-c2ccc(F)cc2)c1C=CC1CC(O)CC(=O)O1. The van der Waals surface area contributed by atoms with Gasteiger partial charge in [0.05, 0.1) is 40.6 Å². The van der Waals surface area contributed by atoms with Crippen LogP contribution in [0.3, 0.4) is 0 Å². The molecule has 0 aliphatic carbocycles. The van der Waals surface area contributed by atoms with Gasteiger partial charge in [0.25, 0.3) is 0 Å². The third kappa shape index (κ3) is 4.70. The first kappa shape index (κ1) is 24.9. The molecule has 39 heavy (non-hydrogen) atoms. The molecule has 2 unspecified atom stereocenters. The van der Waals surface area contributed by atoms with E-state index < -0.39 is 18.2 Å². The zero-order valence-corrected chi connectivity index (χ0v) is 21.7. The highest BCUT2D eigenvalue weighted by atomic mass is 19.1. The molecule has 2 aromatic heterocycles. The van der Waals surface area contributed by atoms with Crippen LogP contribution in [-0.4, -0.2) is 38.0 Å². The lowest BCUT2D eigenvalue weighted by molar-refractivity contribution is -0.156. The first-order valence-corrected chi connectivity index (χ1v) is 13.1. The maximum absolute atomic E-state index is 14.0. The third-order valence-corrected chi connectivity index (χ3v) is 7.05. The molecule has 1 saturated heterocycles. The molecule has 5 aromatic rings. The number of aliphatic hydroxyl groups excluding tert-OH is 1. The van der Waals surface area contributed by atoms with E-state index >= 15 is 0 Å². The van der Waals surface area contributed by atoms with Crippen molar-refractivity contribution in [1.82, 2.24) is 14.8 Å². The van der Waals surface area contributed by atoms with Crippen LogP contribution in [0.15, 0.2) is 78.9 Å². The van der Waals surface area contributed by atoms with Gasteiger partial charge in [-0.25, -0.2) is 14.1 Å². The first-order valence-electron chi connectivity index (χ1n) is 13.1. The molecule has 0 radical (unpaired) electrons. The summed E-state index contributed by atoms with van der Waals surface area (Å²) in [6.45, 7) is 4.15. The molecule has 1 aliphatic rings. The number of ether oxygens (including phenoxy) is 1. The maximum Gasteiger partial charge on any atom is 0.309 e. The molecule has 1 fully saturated rings. The highest BCUT2D eigenvalue weighted by molar-refractivity contribution is 6.03. The molecule has 0 saturated carbocycles. The van der Waals surface area contributed by atoms with Crippen molar-refractivity contribution in [2.24, 2.45) is 0 Å². The van der Waals surface area contributed by atoms with Crippen LogP contribution in [0.25, 0.3) is 44.8 Å². The average Bonchev–Trinajstić information content (AvgIpc) is 3.29. The fourth-order valence-corrected chi connectivity index (χ4v) is 5.26. The maximum atomic E-state index is 14.0. The van der Waals surface area contributed by atoms with Crippen molar-refractivity contribution in [2.45, 2.75) is 44.8 Å². The molecular weight excluding hydrogens is 493 g/mol. The van der Waals surface area contributed by atoms with Crippen LogP contribution < -0.4 is 0 Å². The summed E-state index contributed by atoms with van der Waals surface area (Å²) in [5.74, 6) is -0.686. The Balaban J connectivity index is 1.65. The number of rotatable bonds is 5. The van der Waals surface area contributed by atoms with E-state index in [4.69, 9.17) is 14.8 Å². The molecule has 0 spiro atoms. The lowest BCUT2D eigenvalue weighted by Crippen LogP contribution is -2.31. The fraction of sp³-hybridized carbons (Fsp3) is 0.219. The van der Waals surface area contributed by atoms with Crippen LogP contribution in [0.2, 0.25) is 0 Å². The van der Waals surface area contributed by atoms with Gasteiger partial charge in [0.1, 0.15) is 11.9 Å². The Bertz CT molecular complexity index is 1670. The fourth-order valence-electron chi connectivity index (χ4n) is 5.26. The number of aliphatic hydroxyl groups is 1. The number of nitrogens with zero attached hydrogens (tertiary/aromatic N) is 3. The molecular formula is C32H28FN3O3. The molecule has 196 valence electrons. The van der Waals surface area contributed by atoms with Crippen molar-refractivity contribution in [3.8, 4) is 16.9 Å². The van der Waals surface area contributed by atoms with E-state index in [1.165, 1.54) is 12.1 Å². The minimum atomic E-state index is -0.737. The Morgan fingerprint density at radius 3 is 2.26 bits per heavy atom. The van der Waals surface area contributed by atoms with E-state index in [1.807, 2.05) is 65.4 Å². The minimum absolute atomic E-state index is 0.00252. The van der Waals surface area contributed by atoms with Gasteiger partial charge >= 0.3 is 5.97 Å². The topological polar surface area (TPSA) is 77.2 Å². The molecule has 1 N–H and O–H groups in total. The van der Waals surface area contributed by atoms with Gasteiger partial charge in [-0.2, -0.15) is 5.10 Å². The second kappa shape index (κ2) is 10.1. The first-order chi connectivity index (χ1) is 18.9. The predicted octanol–water partition coefficient (Wildman–Crippen LogP) is 6.58. The van der Waals surface area contributed by atoms with Gasteiger partial charge in [-0.05, 0) is 48.4 Å². The number of esters is 1. The molecule has 6 nitrogen and oxygen atoms in total. The number of carbonyl (C=O) groups excluding carboxylic acids is 1. The standard InChI is InChI=1S/C32H28FN3O3/c1-19(2)30-26(16-15-23-17-22(37)18-29(38)39-23)31(20-11-13-21(33)14-12-20)36(35-30)32-24-7-3-5-9-27(24)34-28-10-6-4-8-25(28)32/h3-16,19,22-23,37H,17-18H2,1-2H3. The van der Waals surface area contributed by atoms with Crippen molar-refractivity contribution < 1.29 is 19.0 Å². The van der Waals surface area contributed by atoms with Crippen molar-refractivity contribution in [1.29, 1.82) is 0 Å². The normalized spacial score (nSPS) is 17.9. The average molecular weight is 522 g/mol. The number of para-hydroxylation sites is 2. The number of hydrogen-bond acceptors (Lipinski definition) is 5. The third-order valence-electron chi connectivity index (χ3n) is 7.05. The Morgan fingerprint density at radius 1 is 1.00 bits per heavy atom. The van der Waals surface area contributed by atoms with E-state index in [-0.39, 0.29) is 18.2 Å². The lowest BCUT2D eigenvalue weighted by Gasteiger charge is -2.23. The zero-order chi connectivity index (χ0) is 27.1. The smallest absolute Gasteiger partial charge is 0.309 e. The van der Waals surface area contributed by atoms with Gasteiger partial charge in [-0.3, -0.25) is 4.79 Å². The summed E-state index contributed by atoms with van der Waals surface area (Å²) < 4.78 is 21.4. The summed E-state index contributed by atoms with van der Waals surface area (Å²) in [5, 5.41) is 17.2. The van der Waals surface area contributed by atoms with Crippen molar-refractivity contribution >= 4 is 33.9 Å².